The van der Waals surface area contributed by atoms with Crippen molar-refractivity contribution in [1.82, 2.24) is 14.0 Å². The van der Waals surface area contributed by atoms with Crippen LogP contribution in [0.5, 0.6) is 0 Å². The van der Waals surface area contributed by atoms with Gasteiger partial charge in [0.15, 0.2) is 5.78 Å². The van der Waals surface area contributed by atoms with Gasteiger partial charge in [-0.25, -0.2) is 4.79 Å². The molecule has 2 aromatic heterocycles. The summed E-state index contributed by atoms with van der Waals surface area (Å²) in [6.07, 6.45) is 1.73. The maximum atomic E-state index is 13.2. The monoisotopic (exact) mass is 435 g/mol. The summed E-state index contributed by atoms with van der Waals surface area (Å²) in [6.45, 7) is 2.37. The number of nitrogens with two attached hydrogens (primary N) is 1. The molecule has 0 amide bonds. The minimum Gasteiger partial charge on any atom is -0.468 e. The lowest BCUT2D eigenvalue weighted by Crippen LogP contribution is -2.45. The Balaban J connectivity index is 1.98. The summed E-state index contributed by atoms with van der Waals surface area (Å²) < 4.78 is 7.61. The van der Waals surface area contributed by atoms with Gasteiger partial charge in [-0.15, -0.1) is 0 Å². The van der Waals surface area contributed by atoms with Crippen LogP contribution in [0.4, 0.5) is 5.82 Å². The van der Waals surface area contributed by atoms with Crippen molar-refractivity contribution in [2.45, 2.75) is 33.0 Å². The highest BCUT2D eigenvalue weighted by Crippen LogP contribution is 2.12. The summed E-state index contributed by atoms with van der Waals surface area (Å²) in [7, 11) is 0. The van der Waals surface area contributed by atoms with E-state index in [1.165, 1.54) is 10.8 Å². The van der Waals surface area contributed by atoms with Crippen molar-refractivity contribution in [2.24, 2.45) is 0 Å². The molecule has 0 aliphatic rings. The molecule has 2 heterocycles. The van der Waals surface area contributed by atoms with E-state index in [9.17, 15) is 14.4 Å². The highest BCUT2D eigenvalue weighted by molar-refractivity contribution is 6.01. The van der Waals surface area contributed by atoms with E-state index in [0.717, 1.165) is 10.1 Å². The molecule has 1 aromatic carbocycles. The molecule has 0 spiro atoms. The molecule has 0 unspecified atom stereocenters. The molecule has 0 aliphatic heterocycles. The number of nitrogens with zero attached hydrogens (tertiary/aromatic N) is 4. The fourth-order valence-corrected chi connectivity index (χ4v) is 3.50. The summed E-state index contributed by atoms with van der Waals surface area (Å²) in [5.74, 6) is -0.0403. The van der Waals surface area contributed by atoms with E-state index in [1.807, 2.05) is 30.3 Å². The fraction of sp³-hybridized carbons (Fsp3) is 0.304. The molecule has 0 fully saturated rings. The third-order valence-electron chi connectivity index (χ3n) is 5.11. The molecule has 0 aliphatic carbocycles. The Morgan fingerprint density at radius 1 is 1.16 bits per heavy atom. The number of furan rings is 1. The Kier molecular flexibility index (Phi) is 7.41. The molecule has 0 atom stereocenters. The molecular weight excluding hydrogens is 410 g/mol. The number of rotatable bonds is 10. The predicted molar refractivity (Wildman–Crippen MR) is 119 cm³/mol. The molecule has 0 bridgehead atoms. The zero-order valence-electron chi connectivity index (χ0n) is 17.9. The largest absolute Gasteiger partial charge is 0.468 e. The zero-order valence-corrected chi connectivity index (χ0v) is 17.9. The maximum Gasteiger partial charge on any atom is 0.332 e. The number of carbonyl (C=O) groups excluding carboxylic acids is 1. The van der Waals surface area contributed by atoms with Gasteiger partial charge in [0.1, 0.15) is 17.1 Å². The van der Waals surface area contributed by atoms with E-state index in [1.54, 1.807) is 24.0 Å². The molecule has 0 saturated heterocycles. The van der Waals surface area contributed by atoms with Crippen LogP contribution in [0.15, 0.2) is 62.7 Å². The summed E-state index contributed by atoms with van der Waals surface area (Å²) in [5.41, 5.74) is 5.54. The number of nitrogen functional groups attached to an aromatic ring is 1. The van der Waals surface area contributed by atoms with Crippen molar-refractivity contribution in [2.75, 3.05) is 18.8 Å². The van der Waals surface area contributed by atoms with Crippen LogP contribution in [0.1, 0.15) is 35.0 Å². The highest BCUT2D eigenvalue weighted by Gasteiger charge is 2.24. The van der Waals surface area contributed by atoms with Gasteiger partial charge in [0.25, 0.3) is 5.56 Å². The van der Waals surface area contributed by atoms with Gasteiger partial charge in [0.05, 0.1) is 32.0 Å². The van der Waals surface area contributed by atoms with Gasteiger partial charge >= 0.3 is 5.69 Å². The van der Waals surface area contributed by atoms with Gasteiger partial charge in [-0.1, -0.05) is 30.3 Å². The number of carbonyl (C=O) groups is 1. The number of hydrogen-bond acceptors (Lipinski definition) is 7. The molecule has 0 radical (unpaired) electrons. The standard InChI is InChI=1S/C23H25N5O4/c1-2-27-22(30)20(21(25)28(23(27)31)14-17-8-4-3-5-9-17)19(29)16-26(12-7-11-24)15-18-10-6-13-32-18/h3-6,8-10,13H,2,7,12,14-16,25H2,1H3. The minimum atomic E-state index is -0.706. The third-order valence-corrected chi connectivity index (χ3v) is 5.11. The number of Topliss-reactive ketones (excluding diaryl/α,β-unsaturated/α-hetero) is 1. The van der Waals surface area contributed by atoms with Crippen LogP contribution in [0.2, 0.25) is 0 Å². The van der Waals surface area contributed by atoms with Crippen LogP contribution in [-0.4, -0.2) is 32.9 Å². The normalized spacial score (nSPS) is 10.9. The Bertz CT molecular complexity index is 1220. The molecular formula is C23H25N5O4. The van der Waals surface area contributed by atoms with E-state index in [4.69, 9.17) is 15.4 Å². The van der Waals surface area contributed by atoms with E-state index in [2.05, 4.69) is 6.07 Å². The van der Waals surface area contributed by atoms with Crippen LogP contribution >= 0.6 is 0 Å². The number of benzene rings is 1. The van der Waals surface area contributed by atoms with Crippen LogP contribution < -0.4 is 17.0 Å². The van der Waals surface area contributed by atoms with Crippen LogP contribution in [-0.2, 0) is 19.6 Å². The average Bonchev–Trinajstić information content (AvgIpc) is 3.29. The van der Waals surface area contributed by atoms with Gasteiger partial charge in [-0.05, 0) is 24.6 Å². The Hall–Kier alpha value is -3.90. The Morgan fingerprint density at radius 3 is 2.53 bits per heavy atom. The van der Waals surface area contributed by atoms with E-state index >= 15 is 0 Å². The zero-order chi connectivity index (χ0) is 23.1. The predicted octanol–water partition coefficient (Wildman–Crippen LogP) is 1.85. The first-order chi connectivity index (χ1) is 15.5. The first-order valence-electron chi connectivity index (χ1n) is 10.3. The van der Waals surface area contributed by atoms with Gasteiger partial charge in [0, 0.05) is 19.5 Å². The van der Waals surface area contributed by atoms with Crippen LogP contribution in [0.25, 0.3) is 0 Å². The topological polar surface area (TPSA) is 127 Å². The second kappa shape index (κ2) is 10.4. The first kappa shape index (κ1) is 22.8. The number of hydrogen-bond donors (Lipinski definition) is 1. The second-order valence-corrected chi connectivity index (χ2v) is 7.29. The Labute approximate surface area is 184 Å². The van der Waals surface area contributed by atoms with Gasteiger partial charge in [-0.2, -0.15) is 5.26 Å². The quantitative estimate of drug-likeness (QED) is 0.481. The maximum absolute atomic E-state index is 13.2. The van der Waals surface area contributed by atoms with Gasteiger partial charge in [-0.3, -0.25) is 23.6 Å². The van der Waals surface area contributed by atoms with Crippen molar-refractivity contribution in [3.05, 3.63) is 86.5 Å². The lowest BCUT2D eigenvalue weighted by molar-refractivity contribution is 0.0920. The van der Waals surface area contributed by atoms with Crippen molar-refractivity contribution in [1.29, 1.82) is 5.26 Å². The van der Waals surface area contributed by atoms with Gasteiger partial charge in [0.2, 0.25) is 0 Å². The van der Waals surface area contributed by atoms with Gasteiger partial charge < -0.3 is 10.2 Å². The highest BCUT2D eigenvalue weighted by atomic mass is 16.3. The number of ketones is 1. The molecule has 3 rings (SSSR count). The third kappa shape index (κ3) is 5.04. The summed E-state index contributed by atoms with van der Waals surface area (Å²) in [5, 5.41) is 8.96. The lowest BCUT2D eigenvalue weighted by Gasteiger charge is -2.20. The average molecular weight is 435 g/mol. The van der Waals surface area contributed by atoms with Crippen molar-refractivity contribution >= 4 is 11.6 Å². The number of nitriles is 1. The second-order valence-electron chi connectivity index (χ2n) is 7.29. The molecule has 2 N–H and O–H groups in total. The SMILES string of the molecule is CCn1c(=O)c(C(=O)CN(CCC#N)Cc2ccco2)c(N)n(Cc2ccccc2)c1=O. The number of aromatic nitrogens is 2. The molecule has 9 heteroatoms. The van der Waals surface area contributed by atoms with Crippen molar-refractivity contribution in [3.63, 3.8) is 0 Å². The van der Waals surface area contributed by atoms with Crippen molar-refractivity contribution < 1.29 is 9.21 Å². The minimum absolute atomic E-state index is 0.109. The summed E-state index contributed by atoms with van der Waals surface area (Å²) in [6, 6.07) is 14.7. The number of anilines is 1. The molecule has 166 valence electrons. The fourth-order valence-electron chi connectivity index (χ4n) is 3.50. The summed E-state index contributed by atoms with van der Waals surface area (Å²) in [4.78, 5) is 40.8. The molecule has 9 nitrogen and oxygen atoms in total. The molecule has 0 saturated carbocycles. The molecule has 32 heavy (non-hydrogen) atoms. The van der Waals surface area contributed by atoms with E-state index in [-0.39, 0.29) is 37.4 Å². The van der Waals surface area contributed by atoms with Crippen LogP contribution in [0, 0.1) is 11.3 Å². The Morgan fingerprint density at radius 2 is 1.91 bits per heavy atom. The first-order valence-corrected chi connectivity index (χ1v) is 10.3. The van der Waals surface area contributed by atoms with E-state index in [0.29, 0.717) is 18.8 Å². The van der Waals surface area contributed by atoms with Crippen molar-refractivity contribution in [3.8, 4) is 6.07 Å². The van der Waals surface area contributed by atoms with Crippen LogP contribution in [0.3, 0.4) is 0 Å². The summed E-state index contributed by atoms with van der Waals surface area (Å²) >= 11 is 0. The smallest absolute Gasteiger partial charge is 0.332 e. The molecule has 3 aromatic rings. The lowest BCUT2D eigenvalue weighted by atomic mass is 10.1. The van der Waals surface area contributed by atoms with E-state index < -0.39 is 17.0 Å².